The van der Waals surface area contributed by atoms with E-state index in [4.69, 9.17) is 11.6 Å². The molecule has 122 valence electrons. The van der Waals surface area contributed by atoms with Crippen LogP contribution in [0.15, 0.2) is 77.7 Å². The van der Waals surface area contributed by atoms with Crippen molar-refractivity contribution in [1.82, 2.24) is 0 Å². The van der Waals surface area contributed by atoms with Crippen molar-refractivity contribution in [2.24, 2.45) is 0 Å². The number of hydrogen-bond acceptors (Lipinski definition) is 1. The van der Waals surface area contributed by atoms with Gasteiger partial charge in [-0.1, -0.05) is 79.2 Å². The Morgan fingerprint density at radius 1 is 0.750 bits per heavy atom. The van der Waals surface area contributed by atoms with Crippen molar-refractivity contribution in [2.45, 2.75) is 30.4 Å². The van der Waals surface area contributed by atoms with Gasteiger partial charge in [-0.05, 0) is 47.2 Å². The summed E-state index contributed by atoms with van der Waals surface area (Å²) < 4.78 is 0. The van der Waals surface area contributed by atoms with Crippen LogP contribution in [0.2, 0.25) is 5.02 Å². The minimum Gasteiger partial charge on any atom is -0.121 e. The molecule has 0 saturated heterocycles. The lowest BCUT2D eigenvalue weighted by Crippen LogP contribution is -1.93. The van der Waals surface area contributed by atoms with E-state index in [2.05, 4.69) is 73.7 Å². The van der Waals surface area contributed by atoms with Crippen molar-refractivity contribution in [1.29, 1.82) is 0 Å². The molecular weight excluding hydrogens is 332 g/mol. The molecule has 0 saturated carbocycles. The van der Waals surface area contributed by atoms with E-state index in [1.54, 1.807) is 0 Å². The first-order chi connectivity index (χ1) is 11.8. The molecule has 0 N–H and O–H groups in total. The highest BCUT2D eigenvalue weighted by Gasteiger charge is 2.08. The van der Waals surface area contributed by atoms with Gasteiger partial charge in [0.25, 0.3) is 0 Å². The van der Waals surface area contributed by atoms with E-state index in [9.17, 15) is 0 Å². The van der Waals surface area contributed by atoms with E-state index in [1.807, 2.05) is 17.8 Å². The summed E-state index contributed by atoms with van der Waals surface area (Å²) in [5.74, 6) is 0.894. The Bertz CT molecular complexity index is 779. The van der Waals surface area contributed by atoms with Crippen LogP contribution in [0, 0.1) is 0 Å². The van der Waals surface area contributed by atoms with E-state index in [0.29, 0.717) is 0 Å². The van der Waals surface area contributed by atoms with Crippen molar-refractivity contribution in [3.63, 3.8) is 0 Å². The summed E-state index contributed by atoms with van der Waals surface area (Å²) in [7, 11) is 0. The molecule has 3 aromatic rings. The van der Waals surface area contributed by atoms with Gasteiger partial charge in [-0.2, -0.15) is 0 Å². The van der Waals surface area contributed by atoms with E-state index in [1.165, 1.54) is 27.1 Å². The molecule has 3 rings (SSSR count). The maximum atomic E-state index is 6.67. The first-order valence-corrected chi connectivity index (χ1v) is 9.64. The van der Waals surface area contributed by atoms with Gasteiger partial charge in [-0.25, -0.2) is 0 Å². The third kappa shape index (κ3) is 4.43. The molecule has 0 atom stereocenters. The van der Waals surface area contributed by atoms with E-state index in [0.717, 1.165) is 23.6 Å². The number of aryl methyl sites for hydroxylation is 1. The maximum absolute atomic E-state index is 6.67. The van der Waals surface area contributed by atoms with Crippen molar-refractivity contribution < 1.29 is 0 Å². The Hall–Kier alpha value is -1.70. The fourth-order valence-corrected chi connectivity index (χ4v) is 3.92. The number of benzene rings is 3. The highest BCUT2D eigenvalue weighted by molar-refractivity contribution is 7.98. The van der Waals surface area contributed by atoms with Crippen molar-refractivity contribution in [3.8, 4) is 0 Å². The Morgan fingerprint density at radius 2 is 1.42 bits per heavy atom. The van der Waals surface area contributed by atoms with Gasteiger partial charge in [0.15, 0.2) is 0 Å². The number of rotatable bonds is 6. The van der Waals surface area contributed by atoms with Crippen molar-refractivity contribution in [2.75, 3.05) is 0 Å². The minimum absolute atomic E-state index is 0.882. The highest BCUT2D eigenvalue weighted by Crippen LogP contribution is 2.29. The Morgan fingerprint density at radius 3 is 2.12 bits per heavy atom. The van der Waals surface area contributed by atoms with Gasteiger partial charge in [-0.15, -0.1) is 11.8 Å². The fourth-order valence-electron chi connectivity index (χ4n) is 2.67. The molecular formula is C22H21ClS. The Labute approximate surface area is 153 Å². The molecule has 24 heavy (non-hydrogen) atoms. The monoisotopic (exact) mass is 352 g/mol. The SMILES string of the molecule is CCc1ccc(Cc2cccc(CSc3ccccc3)c2Cl)cc1. The third-order valence-electron chi connectivity index (χ3n) is 4.12. The number of thioether (sulfide) groups is 1. The van der Waals surface area contributed by atoms with Crippen molar-refractivity contribution in [3.05, 3.63) is 100 Å². The summed E-state index contributed by atoms with van der Waals surface area (Å²) in [4.78, 5) is 1.27. The van der Waals surface area contributed by atoms with Crippen LogP contribution >= 0.6 is 23.4 Å². The maximum Gasteiger partial charge on any atom is 0.0481 e. The standard InChI is InChI=1S/C22H21ClS/c1-2-17-11-13-18(14-12-17)15-19-7-6-8-20(22(19)23)16-24-21-9-4-3-5-10-21/h3-14H,2,15-16H2,1H3. The van der Waals surface area contributed by atoms with Crippen LogP contribution in [-0.4, -0.2) is 0 Å². The predicted molar refractivity (Wildman–Crippen MR) is 106 cm³/mol. The summed E-state index contributed by atoms with van der Waals surface area (Å²) in [5, 5.41) is 0.903. The quantitative estimate of drug-likeness (QED) is 0.440. The van der Waals surface area contributed by atoms with Crippen LogP contribution in [0.3, 0.4) is 0 Å². The molecule has 0 radical (unpaired) electrons. The van der Waals surface area contributed by atoms with Gasteiger partial charge in [0.2, 0.25) is 0 Å². The Kier molecular flexibility index (Phi) is 6.01. The molecule has 0 aliphatic rings. The molecule has 0 amide bonds. The molecule has 0 aromatic heterocycles. The molecule has 0 aliphatic heterocycles. The second-order valence-corrected chi connectivity index (χ2v) is 7.27. The summed E-state index contributed by atoms with van der Waals surface area (Å²) in [6, 6.07) is 25.7. The van der Waals surface area contributed by atoms with Crippen LogP contribution in [0.5, 0.6) is 0 Å². The molecule has 3 aromatic carbocycles. The molecule has 0 nitrogen and oxygen atoms in total. The lowest BCUT2D eigenvalue weighted by molar-refractivity contribution is 1.12. The van der Waals surface area contributed by atoms with Crippen LogP contribution in [0.4, 0.5) is 0 Å². The average Bonchev–Trinajstić information content (AvgIpc) is 2.64. The lowest BCUT2D eigenvalue weighted by atomic mass is 10.0. The van der Waals surface area contributed by atoms with Gasteiger partial charge in [0.05, 0.1) is 0 Å². The fraction of sp³-hybridized carbons (Fsp3) is 0.182. The van der Waals surface area contributed by atoms with Gasteiger partial charge in [0.1, 0.15) is 0 Å². The Balaban J connectivity index is 1.72. The normalized spacial score (nSPS) is 10.8. The number of halogens is 1. The molecule has 0 aliphatic carbocycles. The van der Waals surface area contributed by atoms with E-state index in [-0.39, 0.29) is 0 Å². The average molecular weight is 353 g/mol. The van der Waals surface area contributed by atoms with Gasteiger partial charge < -0.3 is 0 Å². The van der Waals surface area contributed by atoms with Gasteiger partial charge in [-0.3, -0.25) is 0 Å². The zero-order chi connectivity index (χ0) is 16.8. The molecule has 0 bridgehead atoms. The van der Waals surface area contributed by atoms with Crippen LogP contribution < -0.4 is 0 Å². The third-order valence-corrected chi connectivity index (χ3v) is 5.67. The summed E-state index contributed by atoms with van der Waals surface area (Å²) in [6.07, 6.45) is 1.96. The van der Waals surface area contributed by atoms with Crippen LogP contribution in [0.25, 0.3) is 0 Å². The highest BCUT2D eigenvalue weighted by atomic mass is 35.5. The topological polar surface area (TPSA) is 0 Å². The second-order valence-electron chi connectivity index (χ2n) is 5.84. The molecule has 0 fully saturated rings. The summed E-state index contributed by atoms with van der Waals surface area (Å²) >= 11 is 8.49. The first kappa shape index (κ1) is 17.1. The van der Waals surface area contributed by atoms with E-state index >= 15 is 0 Å². The molecule has 0 spiro atoms. The van der Waals surface area contributed by atoms with Crippen LogP contribution in [-0.2, 0) is 18.6 Å². The molecule has 2 heteroatoms. The molecule has 0 heterocycles. The van der Waals surface area contributed by atoms with Crippen LogP contribution in [0.1, 0.15) is 29.2 Å². The van der Waals surface area contributed by atoms with E-state index < -0.39 is 0 Å². The second kappa shape index (κ2) is 8.41. The largest absolute Gasteiger partial charge is 0.121 e. The van der Waals surface area contributed by atoms with Crippen molar-refractivity contribution >= 4 is 23.4 Å². The zero-order valence-corrected chi connectivity index (χ0v) is 15.4. The lowest BCUT2D eigenvalue weighted by Gasteiger charge is -2.10. The first-order valence-electron chi connectivity index (χ1n) is 8.28. The summed E-state index contributed by atoms with van der Waals surface area (Å²) in [6.45, 7) is 2.18. The number of hydrogen-bond donors (Lipinski definition) is 0. The predicted octanol–water partition coefficient (Wildman–Crippen LogP) is 6.79. The molecule has 0 unspecified atom stereocenters. The van der Waals surface area contributed by atoms with Gasteiger partial charge >= 0.3 is 0 Å². The summed E-state index contributed by atoms with van der Waals surface area (Å²) in [5.41, 5.74) is 5.08. The van der Waals surface area contributed by atoms with Gasteiger partial charge in [0, 0.05) is 15.7 Å². The zero-order valence-electron chi connectivity index (χ0n) is 13.8. The smallest absolute Gasteiger partial charge is 0.0481 e. The minimum atomic E-state index is 0.882.